The average Bonchev–Trinajstić information content (AvgIpc) is 2.85. The summed E-state index contributed by atoms with van der Waals surface area (Å²) in [7, 11) is 1.85. The number of carbonyl (C=O) groups excluding carboxylic acids is 1. The van der Waals surface area contributed by atoms with Crippen molar-refractivity contribution in [2.24, 2.45) is 0 Å². The van der Waals surface area contributed by atoms with Crippen molar-refractivity contribution < 1.29 is 14.6 Å². The molecule has 0 atom stereocenters. The van der Waals surface area contributed by atoms with Crippen LogP contribution in [0.1, 0.15) is 29.8 Å². The molecule has 1 aliphatic rings. The standard InChI is InChI=1S/C15H21NO3/c1-15(2,10-17)16(3)9-13(18)11-4-5-14-12(8-11)6-7-19-14/h4-5,8,17H,6-7,9-10H2,1-3H3. The fraction of sp³-hybridized carbons (Fsp3) is 0.533. The van der Waals surface area contributed by atoms with E-state index < -0.39 is 5.54 Å². The first-order valence-corrected chi connectivity index (χ1v) is 6.55. The number of ether oxygens (including phenoxy) is 1. The summed E-state index contributed by atoms with van der Waals surface area (Å²) in [4.78, 5) is 14.1. The molecule has 0 aromatic heterocycles. The van der Waals surface area contributed by atoms with E-state index >= 15 is 0 Å². The summed E-state index contributed by atoms with van der Waals surface area (Å²) in [6, 6.07) is 5.60. The number of aliphatic hydroxyl groups excluding tert-OH is 1. The Balaban J connectivity index is 2.08. The van der Waals surface area contributed by atoms with Gasteiger partial charge < -0.3 is 9.84 Å². The van der Waals surface area contributed by atoms with Crippen molar-refractivity contribution >= 4 is 5.78 Å². The van der Waals surface area contributed by atoms with Crippen LogP contribution in [-0.2, 0) is 6.42 Å². The number of carbonyl (C=O) groups is 1. The van der Waals surface area contributed by atoms with Gasteiger partial charge in [0.1, 0.15) is 5.75 Å². The molecule has 0 amide bonds. The van der Waals surface area contributed by atoms with Crippen LogP contribution in [0.5, 0.6) is 5.75 Å². The van der Waals surface area contributed by atoms with Gasteiger partial charge >= 0.3 is 0 Å². The highest BCUT2D eigenvalue weighted by molar-refractivity contribution is 5.98. The fourth-order valence-corrected chi connectivity index (χ4v) is 2.00. The number of ketones is 1. The second-order valence-corrected chi connectivity index (χ2v) is 5.67. The van der Waals surface area contributed by atoms with Crippen LogP contribution >= 0.6 is 0 Å². The van der Waals surface area contributed by atoms with Gasteiger partial charge in [-0.2, -0.15) is 0 Å². The molecule has 2 rings (SSSR count). The lowest BCUT2D eigenvalue weighted by Crippen LogP contribution is -2.46. The number of likely N-dealkylation sites (N-methyl/N-ethyl adjacent to an activating group) is 1. The minimum absolute atomic E-state index is 0.0226. The largest absolute Gasteiger partial charge is 0.493 e. The third-order valence-electron chi connectivity index (χ3n) is 3.81. The predicted molar refractivity (Wildman–Crippen MR) is 73.8 cm³/mol. The van der Waals surface area contributed by atoms with E-state index in [1.54, 1.807) is 0 Å². The molecule has 19 heavy (non-hydrogen) atoms. The zero-order chi connectivity index (χ0) is 14.0. The van der Waals surface area contributed by atoms with Crippen LogP contribution in [0.2, 0.25) is 0 Å². The number of fused-ring (bicyclic) bond motifs is 1. The molecule has 1 N–H and O–H groups in total. The first kappa shape index (κ1) is 14.0. The highest BCUT2D eigenvalue weighted by Crippen LogP contribution is 2.26. The third-order valence-corrected chi connectivity index (χ3v) is 3.81. The Hall–Kier alpha value is -1.39. The second-order valence-electron chi connectivity index (χ2n) is 5.67. The maximum Gasteiger partial charge on any atom is 0.176 e. The van der Waals surface area contributed by atoms with Gasteiger partial charge in [-0.05, 0) is 44.7 Å². The van der Waals surface area contributed by atoms with Crippen molar-refractivity contribution in [3.8, 4) is 5.75 Å². The molecule has 0 fully saturated rings. The van der Waals surface area contributed by atoms with Gasteiger partial charge in [-0.3, -0.25) is 9.69 Å². The number of nitrogens with zero attached hydrogens (tertiary/aromatic N) is 1. The molecule has 0 unspecified atom stereocenters. The number of aliphatic hydroxyl groups is 1. The van der Waals surface area contributed by atoms with Crippen molar-refractivity contribution in [1.82, 2.24) is 4.90 Å². The summed E-state index contributed by atoms with van der Waals surface area (Å²) in [5.41, 5.74) is 1.43. The van der Waals surface area contributed by atoms with E-state index in [1.165, 1.54) is 0 Å². The number of Topliss-reactive ketones (excluding diaryl/α,β-unsaturated/α-hetero) is 1. The van der Waals surface area contributed by atoms with Crippen LogP contribution < -0.4 is 4.74 Å². The van der Waals surface area contributed by atoms with Gasteiger partial charge in [-0.25, -0.2) is 0 Å². The Morgan fingerprint density at radius 3 is 2.89 bits per heavy atom. The lowest BCUT2D eigenvalue weighted by atomic mass is 10.0. The normalized spacial score (nSPS) is 14.4. The number of rotatable bonds is 5. The Morgan fingerprint density at radius 1 is 1.47 bits per heavy atom. The molecule has 0 saturated heterocycles. The average molecular weight is 263 g/mol. The summed E-state index contributed by atoms with van der Waals surface area (Å²) in [6.07, 6.45) is 0.869. The quantitative estimate of drug-likeness (QED) is 0.818. The van der Waals surface area contributed by atoms with E-state index in [-0.39, 0.29) is 12.4 Å². The van der Waals surface area contributed by atoms with Gasteiger partial charge in [0.15, 0.2) is 5.78 Å². The molecule has 1 heterocycles. The molecule has 0 bridgehead atoms. The molecule has 104 valence electrons. The van der Waals surface area contributed by atoms with Crippen LogP contribution in [0.3, 0.4) is 0 Å². The molecule has 4 heteroatoms. The molecular formula is C15H21NO3. The molecule has 0 saturated carbocycles. The molecular weight excluding hydrogens is 242 g/mol. The van der Waals surface area contributed by atoms with Crippen LogP contribution in [0.25, 0.3) is 0 Å². The Morgan fingerprint density at radius 2 is 2.21 bits per heavy atom. The van der Waals surface area contributed by atoms with Crippen LogP contribution in [0.15, 0.2) is 18.2 Å². The highest BCUT2D eigenvalue weighted by Gasteiger charge is 2.25. The molecule has 0 aliphatic carbocycles. The van der Waals surface area contributed by atoms with Crippen LogP contribution in [0.4, 0.5) is 0 Å². The maximum atomic E-state index is 12.3. The third kappa shape index (κ3) is 2.96. The molecule has 1 aromatic rings. The van der Waals surface area contributed by atoms with Crippen molar-refractivity contribution in [3.05, 3.63) is 29.3 Å². The Kier molecular flexibility index (Phi) is 3.92. The SMILES string of the molecule is CN(CC(=O)c1ccc2c(c1)CCO2)C(C)(C)CO. The maximum absolute atomic E-state index is 12.3. The van der Waals surface area contributed by atoms with E-state index in [1.807, 2.05) is 44.0 Å². The summed E-state index contributed by atoms with van der Waals surface area (Å²) in [5, 5.41) is 9.31. The Labute approximate surface area is 114 Å². The zero-order valence-corrected chi connectivity index (χ0v) is 11.8. The van der Waals surface area contributed by atoms with Gasteiger partial charge in [-0.1, -0.05) is 0 Å². The van der Waals surface area contributed by atoms with E-state index in [2.05, 4.69) is 0 Å². The highest BCUT2D eigenvalue weighted by atomic mass is 16.5. The molecule has 0 spiro atoms. The summed E-state index contributed by atoms with van der Waals surface area (Å²) < 4.78 is 5.43. The van der Waals surface area contributed by atoms with Gasteiger partial charge in [-0.15, -0.1) is 0 Å². The summed E-state index contributed by atoms with van der Waals surface area (Å²) >= 11 is 0. The minimum Gasteiger partial charge on any atom is -0.493 e. The van der Waals surface area contributed by atoms with Gasteiger partial charge in [0, 0.05) is 17.5 Å². The van der Waals surface area contributed by atoms with Gasteiger partial charge in [0.25, 0.3) is 0 Å². The van der Waals surface area contributed by atoms with Crippen molar-refractivity contribution in [1.29, 1.82) is 0 Å². The van der Waals surface area contributed by atoms with Crippen molar-refractivity contribution in [3.63, 3.8) is 0 Å². The summed E-state index contributed by atoms with van der Waals surface area (Å²) in [5.74, 6) is 0.958. The first-order chi connectivity index (χ1) is 8.94. The molecule has 0 radical (unpaired) electrons. The molecule has 1 aliphatic heterocycles. The van der Waals surface area contributed by atoms with E-state index in [0.29, 0.717) is 18.7 Å². The van der Waals surface area contributed by atoms with E-state index in [9.17, 15) is 9.90 Å². The van der Waals surface area contributed by atoms with E-state index in [0.717, 1.165) is 17.7 Å². The first-order valence-electron chi connectivity index (χ1n) is 6.55. The lowest BCUT2D eigenvalue weighted by molar-refractivity contribution is 0.0659. The van der Waals surface area contributed by atoms with Crippen molar-refractivity contribution in [2.75, 3.05) is 26.8 Å². The van der Waals surface area contributed by atoms with Crippen molar-refractivity contribution in [2.45, 2.75) is 25.8 Å². The van der Waals surface area contributed by atoms with Gasteiger partial charge in [0.05, 0.1) is 19.8 Å². The Bertz CT molecular complexity index is 482. The number of benzene rings is 1. The minimum atomic E-state index is -0.393. The molecule has 4 nitrogen and oxygen atoms in total. The van der Waals surface area contributed by atoms with Crippen LogP contribution in [-0.4, -0.2) is 48.1 Å². The monoisotopic (exact) mass is 263 g/mol. The van der Waals surface area contributed by atoms with Gasteiger partial charge in [0.2, 0.25) is 0 Å². The lowest BCUT2D eigenvalue weighted by Gasteiger charge is -2.33. The zero-order valence-electron chi connectivity index (χ0n) is 11.8. The van der Waals surface area contributed by atoms with Crippen LogP contribution in [0, 0.1) is 0 Å². The number of hydrogen-bond donors (Lipinski definition) is 1. The second kappa shape index (κ2) is 5.31. The summed E-state index contributed by atoms with van der Waals surface area (Å²) in [6.45, 7) is 4.85. The fourth-order valence-electron chi connectivity index (χ4n) is 2.00. The smallest absolute Gasteiger partial charge is 0.176 e. The van der Waals surface area contributed by atoms with E-state index in [4.69, 9.17) is 4.74 Å². The molecule has 1 aromatic carbocycles. The predicted octanol–water partition coefficient (Wildman–Crippen LogP) is 1.51. The number of hydrogen-bond acceptors (Lipinski definition) is 4. The topological polar surface area (TPSA) is 49.8 Å².